The second-order valence-corrected chi connectivity index (χ2v) is 11.0. The van der Waals surface area contributed by atoms with Crippen molar-refractivity contribution >= 4 is 27.6 Å². The van der Waals surface area contributed by atoms with Crippen LogP contribution >= 0.6 is 0 Å². The van der Waals surface area contributed by atoms with Gasteiger partial charge in [-0.25, -0.2) is 8.42 Å². The van der Waals surface area contributed by atoms with E-state index in [9.17, 15) is 31.2 Å². The molecule has 0 aliphatic carbocycles. The number of pyridine rings is 1. The Labute approximate surface area is 205 Å². The molecular weight excluding hydrogens is 505 g/mol. The number of anilines is 1. The standard InChI is InChI=1S/C23H25F3N2O7S/c1-22(2,3)35-21(31)9-14-4-6-19-18(8-14)28(13-16(34-19)5-7-20(29)30)36(32,33)17-10-15(11-27-12-17)23(24,25)26/h4,6,8,10-12,16H,5,7,9,13H2,1-3H3,(H,29,30)/t16-/m0/s1. The van der Waals surface area contributed by atoms with Crippen LogP contribution in [0.2, 0.25) is 0 Å². The van der Waals surface area contributed by atoms with Crippen molar-refractivity contribution in [2.24, 2.45) is 0 Å². The Morgan fingerprint density at radius 2 is 1.89 bits per heavy atom. The minimum absolute atomic E-state index is 0.0000420. The number of nitrogens with zero attached hydrogens (tertiary/aromatic N) is 2. The SMILES string of the molecule is CC(C)(C)OC(=O)Cc1ccc2c(c1)N(S(=O)(=O)c1cncc(C(F)(F)F)c1)C[C@H](CCC(=O)O)O2. The van der Waals surface area contributed by atoms with Gasteiger partial charge in [0, 0.05) is 18.8 Å². The van der Waals surface area contributed by atoms with E-state index in [4.69, 9.17) is 14.6 Å². The number of fused-ring (bicyclic) bond motifs is 1. The van der Waals surface area contributed by atoms with Crippen LogP contribution in [0.5, 0.6) is 5.75 Å². The van der Waals surface area contributed by atoms with Gasteiger partial charge in [0.1, 0.15) is 22.4 Å². The number of carboxylic acid groups (broad SMARTS) is 1. The number of hydrogen-bond donors (Lipinski definition) is 1. The smallest absolute Gasteiger partial charge is 0.417 e. The molecule has 2 heterocycles. The van der Waals surface area contributed by atoms with Crippen molar-refractivity contribution in [2.45, 2.75) is 62.8 Å². The van der Waals surface area contributed by atoms with Crippen molar-refractivity contribution in [1.29, 1.82) is 0 Å². The van der Waals surface area contributed by atoms with Crippen LogP contribution in [0.3, 0.4) is 0 Å². The zero-order valence-electron chi connectivity index (χ0n) is 19.7. The number of hydrogen-bond acceptors (Lipinski definition) is 7. The molecule has 0 amide bonds. The van der Waals surface area contributed by atoms with Gasteiger partial charge < -0.3 is 14.6 Å². The molecule has 1 aliphatic rings. The molecule has 1 aromatic carbocycles. The predicted octanol–water partition coefficient (Wildman–Crippen LogP) is 3.81. The molecule has 13 heteroatoms. The fourth-order valence-corrected chi connectivity index (χ4v) is 5.00. The summed E-state index contributed by atoms with van der Waals surface area (Å²) in [5.74, 6) is -1.60. The van der Waals surface area contributed by atoms with Crippen LogP contribution < -0.4 is 9.04 Å². The molecule has 1 atom stereocenters. The Kier molecular flexibility index (Phi) is 7.53. The number of carbonyl (C=O) groups excluding carboxylic acids is 1. The fourth-order valence-electron chi connectivity index (χ4n) is 3.52. The van der Waals surface area contributed by atoms with Crippen LogP contribution in [0.4, 0.5) is 18.9 Å². The van der Waals surface area contributed by atoms with E-state index in [2.05, 4.69) is 4.98 Å². The maximum atomic E-state index is 13.5. The van der Waals surface area contributed by atoms with Crippen molar-refractivity contribution in [1.82, 2.24) is 4.98 Å². The van der Waals surface area contributed by atoms with E-state index in [1.54, 1.807) is 20.8 Å². The third kappa shape index (κ3) is 6.65. The van der Waals surface area contributed by atoms with Gasteiger partial charge >= 0.3 is 18.1 Å². The number of carboxylic acids is 1. The highest BCUT2D eigenvalue weighted by atomic mass is 32.2. The molecule has 0 fully saturated rings. The maximum absolute atomic E-state index is 13.5. The molecule has 0 saturated heterocycles. The molecule has 0 radical (unpaired) electrons. The zero-order valence-corrected chi connectivity index (χ0v) is 20.5. The van der Waals surface area contributed by atoms with Crippen LogP contribution in [0.25, 0.3) is 0 Å². The van der Waals surface area contributed by atoms with E-state index in [-0.39, 0.29) is 37.2 Å². The van der Waals surface area contributed by atoms with Crippen LogP contribution in [-0.2, 0) is 36.9 Å². The summed E-state index contributed by atoms with van der Waals surface area (Å²) in [6, 6.07) is 4.81. The highest BCUT2D eigenvalue weighted by Gasteiger charge is 2.37. The molecule has 9 nitrogen and oxygen atoms in total. The van der Waals surface area contributed by atoms with Crippen LogP contribution in [0, 0.1) is 0 Å². The number of rotatable bonds is 7. The van der Waals surface area contributed by atoms with Gasteiger partial charge in [0.2, 0.25) is 0 Å². The summed E-state index contributed by atoms with van der Waals surface area (Å²) in [5, 5.41) is 9.00. The molecule has 0 saturated carbocycles. The number of aromatic nitrogens is 1. The summed E-state index contributed by atoms with van der Waals surface area (Å²) in [5.41, 5.74) is -1.59. The van der Waals surface area contributed by atoms with E-state index in [0.717, 1.165) is 10.5 Å². The lowest BCUT2D eigenvalue weighted by Gasteiger charge is -2.35. The van der Waals surface area contributed by atoms with Crippen LogP contribution in [0.15, 0.2) is 41.6 Å². The van der Waals surface area contributed by atoms with Gasteiger partial charge in [-0.3, -0.25) is 18.9 Å². The predicted molar refractivity (Wildman–Crippen MR) is 121 cm³/mol. The monoisotopic (exact) mass is 530 g/mol. The summed E-state index contributed by atoms with van der Waals surface area (Å²) in [7, 11) is -4.58. The van der Waals surface area contributed by atoms with Gasteiger partial charge in [0.15, 0.2) is 0 Å². The van der Waals surface area contributed by atoms with E-state index in [1.807, 2.05) is 0 Å². The van der Waals surface area contributed by atoms with Crippen molar-refractivity contribution in [3.63, 3.8) is 0 Å². The van der Waals surface area contributed by atoms with Gasteiger partial charge in [-0.1, -0.05) is 6.07 Å². The number of halogens is 3. The average molecular weight is 531 g/mol. The van der Waals surface area contributed by atoms with Gasteiger partial charge in [-0.15, -0.1) is 0 Å². The maximum Gasteiger partial charge on any atom is 0.417 e. The number of benzene rings is 1. The van der Waals surface area contributed by atoms with Crippen molar-refractivity contribution in [3.05, 3.63) is 47.8 Å². The Bertz CT molecular complexity index is 1260. The third-order valence-corrected chi connectivity index (χ3v) is 6.78. The molecular formula is C23H25F3N2O7S. The Hall–Kier alpha value is -3.35. The van der Waals surface area contributed by atoms with Gasteiger partial charge in [0.05, 0.1) is 24.2 Å². The van der Waals surface area contributed by atoms with Crippen molar-refractivity contribution in [3.8, 4) is 5.75 Å². The number of sulfonamides is 1. The first-order valence-corrected chi connectivity index (χ1v) is 12.3. The number of alkyl halides is 3. The second-order valence-electron chi connectivity index (χ2n) is 9.18. The van der Waals surface area contributed by atoms with Crippen LogP contribution in [-0.4, -0.2) is 48.7 Å². The summed E-state index contributed by atoms with van der Waals surface area (Å²) in [4.78, 5) is 26.0. The number of ether oxygens (including phenoxy) is 2. The number of esters is 1. The van der Waals surface area contributed by atoms with Crippen molar-refractivity contribution < 1.29 is 45.8 Å². The summed E-state index contributed by atoms with van der Waals surface area (Å²) in [6.45, 7) is 4.73. The zero-order chi connectivity index (χ0) is 26.9. The lowest BCUT2D eigenvalue weighted by molar-refractivity contribution is -0.154. The Balaban J connectivity index is 2.03. The molecule has 0 unspecified atom stereocenters. The molecule has 196 valence electrons. The lowest BCUT2D eigenvalue weighted by atomic mass is 10.1. The molecule has 1 aliphatic heterocycles. The summed E-state index contributed by atoms with van der Waals surface area (Å²) < 4.78 is 78.5. The fraction of sp³-hybridized carbons (Fsp3) is 0.435. The average Bonchev–Trinajstić information content (AvgIpc) is 2.75. The summed E-state index contributed by atoms with van der Waals surface area (Å²) in [6.07, 6.45) is -4.91. The first-order valence-electron chi connectivity index (χ1n) is 10.8. The molecule has 0 bridgehead atoms. The first kappa shape index (κ1) is 27.2. The van der Waals surface area contributed by atoms with Gasteiger partial charge in [0.25, 0.3) is 10.0 Å². The molecule has 1 N–H and O–H groups in total. The minimum Gasteiger partial charge on any atom is -0.486 e. The van der Waals surface area contributed by atoms with E-state index >= 15 is 0 Å². The van der Waals surface area contributed by atoms with Crippen molar-refractivity contribution in [2.75, 3.05) is 10.8 Å². The van der Waals surface area contributed by atoms with E-state index in [1.165, 1.54) is 18.2 Å². The topological polar surface area (TPSA) is 123 Å². The first-order chi connectivity index (χ1) is 16.6. The van der Waals surface area contributed by atoms with Gasteiger partial charge in [-0.2, -0.15) is 13.2 Å². The molecule has 0 spiro atoms. The highest BCUT2D eigenvalue weighted by Crippen LogP contribution is 2.39. The summed E-state index contributed by atoms with van der Waals surface area (Å²) >= 11 is 0. The highest BCUT2D eigenvalue weighted by molar-refractivity contribution is 7.92. The normalized spacial score (nSPS) is 16.2. The number of carbonyl (C=O) groups is 2. The molecule has 36 heavy (non-hydrogen) atoms. The largest absolute Gasteiger partial charge is 0.486 e. The Morgan fingerprint density at radius 1 is 1.19 bits per heavy atom. The minimum atomic E-state index is -4.81. The number of aliphatic carboxylic acids is 1. The van der Waals surface area contributed by atoms with E-state index in [0.29, 0.717) is 17.8 Å². The molecule has 3 rings (SSSR count). The molecule has 2 aromatic rings. The van der Waals surface area contributed by atoms with E-state index < -0.39 is 50.3 Å². The molecule has 1 aromatic heterocycles. The lowest BCUT2D eigenvalue weighted by Crippen LogP contribution is -2.44. The van der Waals surface area contributed by atoms with Gasteiger partial charge in [-0.05, 0) is 51.0 Å². The Morgan fingerprint density at radius 3 is 2.50 bits per heavy atom. The second kappa shape index (κ2) is 9.96. The quantitative estimate of drug-likeness (QED) is 0.537. The van der Waals surface area contributed by atoms with Crippen LogP contribution in [0.1, 0.15) is 44.7 Å². The third-order valence-electron chi connectivity index (χ3n) is 5.03.